The van der Waals surface area contributed by atoms with Crippen molar-refractivity contribution in [3.05, 3.63) is 60.0 Å². The largest absolute Gasteiger partial charge is 0.492 e. The van der Waals surface area contributed by atoms with Crippen LogP contribution < -0.4 is 16.1 Å². The molecule has 3 aliphatic heterocycles. The molecule has 3 amide bonds. The van der Waals surface area contributed by atoms with Gasteiger partial charge in [0, 0.05) is 11.9 Å². The number of benzene rings is 1. The zero-order valence-electron chi connectivity index (χ0n) is 25.4. The normalized spacial score (nSPS) is 29.7. The molecule has 1 spiro atoms. The fourth-order valence-electron chi connectivity index (χ4n) is 5.33. The fraction of sp³-hybridized carbons (Fsp3) is 0.469. The smallest absolute Gasteiger partial charge is 0.346 e. The Hall–Kier alpha value is -4.29. The van der Waals surface area contributed by atoms with Crippen molar-refractivity contribution < 1.29 is 33.4 Å². The van der Waals surface area contributed by atoms with Crippen molar-refractivity contribution >= 4 is 40.7 Å². The number of amides is 3. The molecule has 5 atom stereocenters. The van der Waals surface area contributed by atoms with Gasteiger partial charge in [-0.25, -0.2) is 10.2 Å². The molecule has 4 heterocycles. The van der Waals surface area contributed by atoms with Crippen LogP contribution in [0.4, 0.5) is 0 Å². The molecule has 2 aromatic rings. The lowest BCUT2D eigenvalue weighted by molar-refractivity contribution is -0.188. The molecular weight excluding hydrogens is 566 g/mol. The topological polar surface area (TPSA) is 148 Å². The van der Waals surface area contributed by atoms with E-state index < -0.39 is 53.5 Å². The number of hydrogen-bond donors (Lipinski definition) is 3. The second-order valence-corrected chi connectivity index (χ2v) is 11.9. The van der Waals surface area contributed by atoms with Crippen LogP contribution in [0.5, 0.6) is 0 Å². The number of hydrazine groups is 1. The Kier molecular flexibility index (Phi) is 9.02. The second-order valence-electron chi connectivity index (χ2n) is 11.9. The van der Waals surface area contributed by atoms with Crippen LogP contribution in [0.25, 0.3) is 17.0 Å². The summed E-state index contributed by atoms with van der Waals surface area (Å²) in [6, 6.07) is 7.45. The summed E-state index contributed by atoms with van der Waals surface area (Å²) < 4.78 is 17.4. The van der Waals surface area contributed by atoms with Crippen molar-refractivity contribution in [3.8, 4) is 0 Å². The summed E-state index contributed by atoms with van der Waals surface area (Å²) in [5.41, 5.74) is 3.47. The van der Waals surface area contributed by atoms with Crippen LogP contribution in [0, 0.1) is 5.92 Å². The second kappa shape index (κ2) is 12.7. The SMILES string of the molecule is C=C1COC2(/C=C/c3ccc4ccc(nc4c3)[C@@H](C)NC(=O)[C@@H]3CCCN(N3)C(=O)[C@H](C)NC(=O)[C@H](C(C)C)OC2=O)CO1. The maximum atomic E-state index is 13.7. The molecule has 12 heteroatoms. The first kappa shape index (κ1) is 31.1. The molecule has 234 valence electrons. The number of rotatable bonds is 1. The predicted molar refractivity (Wildman–Crippen MR) is 161 cm³/mol. The van der Waals surface area contributed by atoms with Crippen LogP contribution in [0.15, 0.2) is 48.7 Å². The number of aromatic nitrogens is 1. The third kappa shape index (κ3) is 6.61. The molecule has 3 N–H and O–H groups in total. The quantitative estimate of drug-likeness (QED) is 0.417. The number of nitrogens with one attached hydrogen (secondary N) is 3. The molecular formula is C32H39N5O7. The summed E-state index contributed by atoms with van der Waals surface area (Å²) in [6.45, 7) is 10.8. The average Bonchev–Trinajstić information content (AvgIpc) is 3.01. The average molecular weight is 606 g/mol. The van der Waals surface area contributed by atoms with Crippen LogP contribution in [0.3, 0.4) is 0 Å². The van der Waals surface area contributed by atoms with Gasteiger partial charge < -0.3 is 24.8 Å². The highest BCUT2D eigenvalue weighted by Gasteiger charge is 2.45. The van der Waals surface area contributed by atoms with Crippen molar-refractivity contribution in [1.82, 2.24) is 26.1 Å². The van der Waals surface area contributed by atoms with Gasteiger partial charge in [-0.15, -0.1) is 0 Å². The van der Waals surface area contributed by atoms with Gasteiger partial charge in [0.25, 0.3) is 11.8 Å². The molecule has 1 aromatic heterocycles. The van der Waals surface area contributed by atoms with Crippen LogP contribution in [0.2, 0.25) is 0 Å². The zero-order valence-corrected chi connectivity index (χ0v) is 25.4. The molecule has 2 fully saturated rings. The summed E-state index contributed by atoms with van der Waals surface area (Å²) in [5.74, 6) is -2.17. The summed E-state index contributed by atoms with van der Waals surface area (Å²) in [5, 5.41) is 7.94. The molecule has 1 aromatic carbocycles. The first-order valence-corrected chi connectivity index (χ1v) is 14.9. The lowest BCUT2D eigenvalue weighted by Crippen LogP contribution is -2.61. The molecule has 44 heavy (non-hydrogen) atoms. The lowest BCUT2D eigenvalue weighted by Gasteiger charge is -2.36. The van der Waals surface area contributed by atoms with E-state index in [-0.39, 0.29) is 19.1 Å². The van der Waals surface area contributed by atoms with Gasteiger partial charge in [0.05, 0.1) is 17.3 Å². The first-order valence-electron chi connectivity index (χ1n) is 14.9. The van der Waals surface area contributed by atoms with Gasteiger partial charge in [-0.3, -0.25) is 24.4 Å². The summed E-state index contributed by atoms with van der Waals surface area (Å²) in [4.78, 5) is 58.4. The zero-order chi connectivity index (χ0) is 31.6. The molecule has 3 aliphatic rings. The Morgan fingerprint density at radius 1 is 1.05 bits per heavy atom. The maximum Gasteiger partial charge on any atom is 0.346 e. The Balaban J connectivity index is 1.53. The van der Waals surface area contributed by atoms with Gasteiger partial charge in [0.2, 0.25) is 11.5 Å². The number of cyclic esters (lactones) is 1. The summed E-state index contributed by atoms with van der Waals surface area (Å²) in [7, 11) is 0. The minimum Gasteiger partial charge on any atom is -0.492 e. The molecule has 2 saturated heterocycles. The van der Waals surface area contributed by atoms with Gasteiger partial charge in [0.15, 0.2) is 6.10 Å². The van der Waals surface area contributed by atoms with Gasteiger partial charge in [-0.1, -0.05) is 44.7 Å². The summed E-state index contributed by atoms with van der Waals surface area (Å²) in [6.07, 6.45) is 3.18. The Bertz CT molecular complexity index is 1500. The molecule has 1 unspecified atom stereocenters. The van der Waals surface area contributed by atoms with E-state index >= 15 is 0 Å². The number of ether oxygens (including phenoxy) is 3. The van der Waals surface area contributed by atoms with E-state index in [4.69, 9.17) is 19.2 Å². The summed E-state index contributed by atoms with van der Waals surface area (Å²) >= 11 is 0. The minimum atomic E-state index is -1.65. The molecule has 0 aliphatic carbocycles. The van der Waals surface area contributed by atoms with Crippen molar-refractivity contribution in [2.75, 3.05) is 19.8 Å². The van der Waals surface area contributed by atoms with E-state index in [1.54, 1.807) is 32.9 Å². The van der Waals surface area contributed by atoms with Crippen LogP contribution in [0.1, 0.15) is 57.8 Å². The molecule has 5 bridgehead atoms. The standard InChI is InChI=1S/C32H39N5O7/c1-18(2)27-29(39)34-21(5)30(40)37-14-6-7-25(36-37)28(38)33-20(4)24-11-10-23-9-8-22(15-26(23)35-24)12-13-32(31(41)44-27)17-42-19(3)16-43-32/h8-13,15,18,20-21,25,27,36H,3,6-7,14,16-17H2,1-2,4-5H3,(H,33,38)(H,34,39)/b13-12+/t20-,21+,25+,27+,32?/m1/s1. The van der Waals surface area contributed by atoms with E-state index in [0.717, 1.165) is 10.9 Å². The van der Waals surface area contributed by atoms with Crippen LogP contribution in [-0.2, 0) is 33.4 Å². The Morgan fingerprint density at radius 3 is 2.52 bits per heavy atom. The van der Waals surface area contributed by atoms with Gasteiger partial charge in [-0.05, 0) is 56.4 Å². The highest BCUT2D eigenvalue weighted by molar-refractivity contribution is 5.92. The van der Waals surface area contributed by atoms with Crippen molar-refractivity contribution in [3.63, 3.8) is 0 Å². The lowest BCUT2D eigenvalue weighted by atomic mass is 10.00. The first-order chi connectivity index (χ1) is 21.0. The number of esters is 1. The predicted octanol–water partition coefficient (Wildman–Crippen LogP) is 2.31. The Morgan fingerprint density at radius 2 is 1.80 bits per heavy atom. The monoisotopic (exact) mass is 605 g/mol. The van der Waals surface area contributed by atoms with Gasteiger partial charge >= 0.3 is 5.97 Å². The molecule has 12 nitrogen and oxygen atoms in total. The highest BCUT2D eigenvalue weighted by Crippen LogP contribution is 2.27. The van der Waals surface area contributed by atoms with Crippen LogP contribution in [-0.4, -0.2) is 77.2 Å². The van der Waals surface area contributed by atoms with E-state index in [0.29, 0.717) is 36.4 Å². The number of pyridine rings is 1. The van der Waals surface area contributed by atoms with Crippen molar-refractivity contribution in [2.24, 2.45) is 5.92 Å². The van der Waals surface area contributed by atoms with Gasteiger partial charge in [-0.2, -0.15) is 0 Å². The maximum absolute atomic E-state index is 13.7. The highest BCUT2D eigenvalue weighted by atomic mass is 16.6. The molecule has 5 rings (SSSR count). The number of carbonyl (C=O) groups excluding carboxylic acids is 4. The number of nitrogens with zero attached hydrogens (tertiary/aromatic N) is 2. The third-order valence-electron chi connectivity index (χ3n) is 8.01. The number of hydrogen-bond acceptors (Lipinski definition) is 9. The minimum absolute atomic E-state index is 0.0421. The van der Waals surface area contributed by atoms with Gasteiger partial charge in [0.1, 0.15) is 31.1 Å². The third-order valence-corrected chi connectivity index (χ3v) is 8.01. The van der Waals surface area contributed by atoms with Crippen molar-refractivity contribution in [1.29, 1.82) is 0 Å². The Labute approximate surface area is 256 Å². The van der Waals surface area contributed by atoms with E-state index in [1.165, 1.54) is 5.01 Å². The van der Waals surface area contributed by atoms with E-state index in [1.807, 2.05) is 37.3 Å². The van der Waals surface area contributed by atoms with E-state index in [9.17, 15) is 19.2 Å². The van der Waals surface area contributed by atoms with Crippen LogP contribution >= 0.6 is 0 Å². The number of fused-ring (bicyclic) bond motifs is 4. The molecule has 0 saturated carbocycles. The van der Waals surface area contributed by atoms with Crippen molar-refractivity contribution in [2.45, 2.75) is 70.4 Å². The molecule has 0 radical (unpaired) electrons. The fourth-order valence-corrected chi connectivity index (χ4v) is 5.33. The number of carbonyl (C=O) groups is 4. The van der Waals surface area contributed by atoms with E-state index in [2.05, 4.69) is 22.6 Å².